The van der Waals surface area contributed by atoms with Crippen LogP contribution >= 0.6 is 12.4 Å². The Morgan fingerprint density at radius 1 is 0.627 bits per heavy atom. The van der Waals surface area contributed by atoms with E-state index in [9.17, 15) is 57.5 Å². The number of rotatable bonds is 6. The Balaban J connectivity index is 0.00000583. The van der Waals surface area contributed by atoms with Gasteiger partial charge >= 0.3 is 24.7 Å². The van der Waals surface area contributed by atoms with Crippen molar-refractivity contribution in [3.8, 4) is 0 Å². The largest absolute Gasteiger partial charge is 0.416 e. The summed E-state index contributed by atoms with van der Waals surface area (Å²) < 4.78 is 162. The van der Waals surface area contributed by atoms with Gasteiger partial charge in [-0.2, -0.15) is 52.7 Å². The normalized spacial score (nSPS) is 18.5. The molecule has 51 heavy (non-hydrogen) atoms. The molecule has 1 fully saturated rings. The lowest BCUT2D eigenvalue weighted by Gasteiger charge is -2.46. The summed E-state index contributed by atoms with van der Waals surface area (Å²) in [6.07, 6.45) is -19.9. The van der Waals surface area contributed by atoms with E-state index in [2.05, 4.69) is 5.32 Å². The third kappa shape index (κ3) is 8.60. The van der Waals surface area contributed by atoms with Crippen molar-refractivity contribution in [2.75, 3.05) is 26.2 Å². The number of alkyl halides is 12. The maximum absolute atomic E-state index is 14.2. The fourth-order valence-electron chi connectivity index (χ4n) is 6.73. The van der Waals surface area contributed by atoms with Gasteiger partial charge in [-0.15, -0.1) is 12.4 Å². The lowest BCUT2D eigenvalue weighted by atomic mass is 9.89. The van der Waals surface area contributed by atoms with Crippen LogP contribution < -0.4 is 5.32 Å². The first-order valence-corrected chi connectivity index (χ1v) is 15.4. The molecular weight excluding hydrogens is 730 g/mol. The second-order valence-corrected chi connectivity index (χ2v) is 12.7. The molecule has 280 valence electrons. The van der Waals surface area contributed by atoms with E-state index in [-0.39, 0.29) is 69.1 Å². The topological polar surface area (TPSA) is 35.6 Å². The summed E-state index contributed by atoms with van der Waals surface area (Å²) in [5.41, 5.74) is -6.28. The quantitative estimate of drug-likeness (QED) is 0.255. The maximum Gasteiger partial charge on any atom is 0.416 e. The number of halogens is 13. The zero-order valence-corrected chi connectivity index (χ0v) is 27.7. The minimum absolute atomic E-state index is 0. The summed E-state index contributed by atoms with van der Waals surface area (Å²) in [6.45, 7) is 3.27. The highest BCUT2D eigenvalue weighted by Gasteiger charge is 2.50. The van der Waals surface area contributed by atoms with Crippen molar-refractivity contribution in [3.05, 3.63) is 105 Å². The molecule has 2 aliphatic rings. The molecule has 5 rings (SSSR count). The van der Waals surface area contributed by atoms with Gasteiger partial charge in [-0.25, -0.2) is 0 Å². The number of nitrogens with zero attached hydrogens (tertiary/aromatic N) is 2. The minimum atomic E-state index is -5.09. The molecule has 1 saturated heterocycles. The molecular formula is C34H32ClF12N3O. The summed E-state index contributed by atoms with van der Waals surface area (Å²) in [7, 11) is 0. The van der Waals surface area contributed by atoms with Gasteiger partial charge in [-0.05, 0) is 72.5 Å². The van der Waals surface area contributed by atoms with E-state index in [4.69, 9.17) is 0 Å². The van der Waals surface area contributed by atoms with Crippen LogP contribution in [-0.4, -0.2) is 47.4 Å². The minimum Gasteiger partial charge on any atom is -0.348 e. The van der Waals surface area contributed by atoms with Crippen LogP contribution in [0.25, 0.3) is 0 Å². The maximum atomic E-state index is 14.2. The monoisotopic (exact) mass is 761 g/mol. The van der Waals surface area contributed by atoms with Gasteiger partial charge in [0.2, 0.25) is 5.91 Å². The van der Waals surface area contributed by atoms with Gasteiger partial charge in [0, 0.05) is 45.1 Å². The molecule has 4 nitrogen and oxygen atoms in total. The van der Waals surface area contributed by atoms with Crippen LogP contribution in [0.4, 0.5) is 52.7 Å². The van der Waals surface area contributed by atoms with Crippen LogP contribution in [0.2, 0.25) is 0 Å². The smallest absolute Gasteiger partial charge is 0.348 e. The zero-order chi connectivity index (χ0) is 37.0. The first-order chi connectivity index (χ1) is 23.0. The highest BCUT2D eigenvalue weighted by atomic mass is 35.5. The van der Waals surface area contributed by atoms with Crippen LogP contribution in [0.5, 0.6) is 0 Å². The van der Waals surface area contributed by atoms with Crippen molar-refractivity contribution in [1.82, 2.24) is 15.1 Å². The lowest BCUT2D eigenvalue weighted by molar-refractivity contribution is -0.144. The highest BCUT2D eigenvalue weighted by Crippen LogP contribution is 2.41. The van der Waals surface area contributed by atoms with E-state index >= 15 is 0 Å². The molecule has 1 aliphatic carbocycles. The van der Waals surface area contributed by atoms with E-state index in [1.165, 1.54) is 13.8 Å². The van der Waals surface area contributed by atoms with Crippen molar-refractivity contribution >= 4 is 18.3 Å². The first-order valence-electron chi connectivity index (χ1n) is 15.4. The summed E-state index contributed by atoms with van der Waals surface area (Å²) in [5, 5.41) is 2.63. The van der Waals surface area contributed by atoms with Crippen molar-refractivity contribution in [3.63, 3.8) is 0 Å². The van der Waals surface area contributed by atoms with Crippen molar-refractivity contribution < 1.29 is 57.5 Å². The van der Waals surface area contributed by atoms with Crippen LogP contribution in [0.3, 0.4) is 0 Å². The number of carbonyl (C=O) groups is 1. The van der Waals surface area contributed by atoms with Crippen LogP contribution in [0, 0.1) is 0 Å². The number of nitrogens with one attached hydrogen (secondary N) is 1. The Kier molecular flexibility index (Phi) is 11.2. The van der Waals surface area contributed by atoms with Gasteiger partial charge in [0.1, 0.15) is 5.54 Å². The Labute approximate surface area is 291 Å². The van der Waals surface area contributed by atoms with Crippen LogP contribution in [0.15, 0.2) is 60.7 Å². The third-order valence-electron chi connectivity index (χ3n) is 9.52. The average Bonchev–Trinajstić information content (AvgIpc) is 3.43. The summed E-state index contributed by atoms with van der Waals surface area (Å²) in [6, 6.07) is 7.43. The summed E-state index contributed by atoms with van der Waals surface area (Å²) >= 11 is 0. The molecule has 0 unspecified atom stereocenters. The number of benzene rings is 3. The van der Waals surface area contributed by atoms with E-state index < -0.39 is 76.1 Å². The van der Waals surface area contributed by atoms with Gasteiger partial charge < -0.3 is 5.32 Å². The molecule has 1 amide bonds. The molecule has 3 aromatic rings. The van der Waals surface area contributed by atoms with E-state index in [0.717, 1.165) is 11.1 Å². The number of fused-ring (bicyclic) bond motifs is 1. The predicted molar refractivity (Wildman–Crippen MR) is 165 cm³/mol. The molecule has 0 radical (unpaired) electrons. The predicted octanol–water partition coefficient (Wildman–Crippen LogP) is 9.28. The van der Waals surface area contributed by atoms with Crippen LogP contribution in [0.1, 0.15) is 70.4 Å². The molecule has 1 heterocycles. The van der Waals surface area contributed by atoms with Crippen molar-refractivity contribution in [1.29, 1.82) is 0 Å². The molecule has 0 aromatic heterocycles. The third-order valence-corrected chi connectivity index (χ3v) is 9.52. The van der Waals surface area contributed by atoms with Gasteiger partial charge in [-0.3, -0.25) is 14.6 Å². The van der Waals surface area contributed by atoms with Gasteiger partial charge in [-0.1, -0.05) is 24.3 Å². The van der Waals surface area contributed by atoms with E-state index in [1.807, 2.05) is 0 Å². The van der Waals surface area contributed by atoms with E-state index in [0.29, 0.717) is 24.3 Å². The SMILES string of the molecule is C[C@H](NC(=O)C1(N2CCN([C@@H](C)c3cc(C(F)(F)F)cc(C(F)(F)F)c3)CC2)Cc2ccccc2C1)c1cc(C(F)(F)F)cc(C(F)(F)F)c1.Cl. The fourth-order valence-corrected chi connectivity index (χ4v) is 6.73. The summed E-state index contributed by atoms with van der Waals surface area (Å²) in [5.74, 6) is -0.652. The molecule has 0 spiro atoms. The van der Waals surface area contributed by atoms with Crippen molar-refractivity contribution in [2.45, 2.75) is 69.0 Å². The molecule has 0 saturated carbocycles. The van der Waals surface area contributed by atoms with Crippen LogP contribution in [-0.2, 0) is 42.3 Å². The molecule has 1 aliphatic heterocycles. The first kappa shape index (κ1) is 40.3. The van der Waals surface area contributed by atoms with Gasteiger partial charge in [0.15, 0.2) is 0 Å². The number of hydrogen-bond acceptors (Lipinski definition) is 3. The second kappa shape index (κ2) is 14.1. The molecule has 2 atom stereocenters. The molecule has 3 aromatic carbocycles. The number of piperazine rings is 1. The lowest BCUT2D eigenvalue weighted by Crippen LogP contribution is -2.64. The fraction of sp³-hybridized carbons (Fsp3) is 0.441. The number of hydrogen-bond donors (Lipinski definition) is 1. The van der Waals surface area contributed by atoms with Crippen molar-refractivity contribution in [2.24, 2.45) is 0 Å². The van der Waals surface area contributed by atoms with E-state index in [1.54, 1.807) is 34.1 Å². The Bertz CT molecular complexity index is 1640. The molecule has 17 heteroatoms. The highest BCUT2D eigenvalue weighted by molar-refractivity contribution is 5.88. The second-order valence-electron chi connectivity index (χ2n) is 12.7. The Morgan fingerprint density at radius 3 is 1.37 bits per heavy atom. The number of amides is 1. The van der Waals surface area contributed by atoms with Gasteiger partial charge in [0.05, 0.1) is 28.3 Å². The zero-order valence-electron chi connectivity index (χ0n) is 26.9. The Hall–Kier alpha value is -3.50. The Morgan fingerprint density at radius 2 is 1.00 bits per heavy atom. The molecule has 0 bridgehead atoms. The molecule has 1 N–H and O–H groups in total. The average molecular weight is 762 g/mol. The number of carbonyl (C=O) groups excluding carboxylic acids is 1. The van der Waals surface area contributed by atoms with Gasteiger partial charge in [0.25, 0.3) is 0 Å². The summed E-state index contributed by atoms with van der Waals surface area (Å²) in [4.78, 5) is 17.6. The standard InChI is InChI=1S/C34H31F12N3O.ClH/c1-19(23-11-25(31(35,36)37)15-26(12-23)32(38,39)40)47-29(50)30(17-21-5-3-4-6-22(21)18-30)49-9-7-48(8-10-49)20(2)24-13-27(33(41,42)43)16-28(14-24)34(44,45)46;/h3-6,11-16,19-20H,7-10,17-18H2,1-2H3,(H,47,50);1H/t19-,20-;/m0./s1.